The van der Waals surface area contributed by atoms with Gasteiger partial charge in [-0.25, -0.2) is 4.98 Å². The van der Waals surface area contributed by atoms with Crippen LogP contribution in [0.3, 0.4) is 0 Å². The average molecular weight is 372 g/mol. The first-order valence-electron chi connectivity index (χ1n) is 7.61. The first kappa shape index (κ1) is 16.0. The Bertz CT molecular complexity index is 811. The van der Waals surface area contributed by atoms with Crippen molar-refractivity contribution in [3.63, 3.8) is 0 Å². The van der Waals surface area contributed by atoms with Crippen LogP contribution in [-0.4, -0.2) is 10.1 Å². The SMILES string of the molecule is CCC(O)c1c(Br)cccc1-c1nc(-c2ccccc2)oc1C. The number of aromatic nitrogens is 1. The highest BCUT2D eigenvalue weighted by atomic mass is 79.9. The van der Waals surface area contributed by atoms with E-state index in [0.29, 0.717) is 12.3 Å². The number of halogens is 1. The summed E-state index contributed by atoms with van der Waals surface area (Å²) in [7, 11) is 0. The average Bonchev–Trinajstić information content (AvgIpc) is 2.96. The molecule has 1 N–H and O–H groups in total. The summed E-state index contributed by atoms with van der Waals surface area (Å²) in [5.74, 6) is 1.33. The van der Waals surface area contributed by atoms with Crippen LogP contribution in [0.15, 0.2) is 57.4 Å². The molecular weight excluding hydrogens is 354 g/mol. The molecule has 0 aliphatic carbocycles. The van der Waals surface area contributed by atoms with Crippen molar-refractivity contribution in [3.8, 4) is 22.7 Å². The van der Waals surface area contributed by atoms with Crippen molar-refractivity contribution in [2.75, 3.05) is 0 Å². The van der Waals surface area contributed by atoms with Gasteiger partial charge >= 0.3 is 0 Å². The highest BCUT2D eigenvalue weighted by Crippen LogP contribution is 2.37. The van der Waals surface area contributed by atoms with Gasteiger partial charge in [0, 0.05) is 21.2 Å². The van der Waals surface area contributed by atoms with Crippen molar-refractivity contribution in [3.05, 3.63) is 64.3 Å². The predicted octanol–water partition coefficient (Wildman–Crippen LogP) is 5.52. The number of oxazole rings is 1. The molecule has 0 aliphatic rings. The number of aliphatic hydroxyl groups is 1. The number of aryl methyl sites for hydroxylation is 1. The zero-order valence-electron chi connectivity index (χ0n) is 13.1. The Hall–Kier alpha value is -1.91. The minimum atomic E-state index is -0.545. The molecule has 0 aliphatic heterocycles. The van der Waals surface area contributed by atoms with Crippen molar-refractivity contribution in [2.45, 2.75) is 26.4 Å². The summed E-state index contributed by atoms with van der Waals surface area (Å²) in [6.07, 6.45) is 0.0924. The fourth-order valence-electron chi connectivity index (χ4n) is 2.64. The molecule has 3 aromatic rings. The smallest absolute Gasteiger partial charge is 0.226 e. The van der Waals surface area contributed by atoms with Crippen LogP contribution >= 0.6 is 15.9 Å². The number of hydrogen-bond acceptors (Lipinski definition) is 3. The van der Waals surface area contributed by atoms with Gasteiger partial charge in [0.2, 0.25) is 5.89 Å². The second-order valence-electron chi connectivity index (χ2n) is 5.41. The van der Waals surface area contributed by atoms with Gasteiger partial charge < -0.3 is 9.52 Å². The van der Waals surface area contributed by atoms with Crippen molar-refractivity contribution >= 4 is 15.9 Å². The van der Waals surface area contributed by atoms with Crippen molar-refractivity contribution in [1.82, 2.24) is 4.98 Å². The molecule has 118 valence electrons. The molecule has 1 heterocycles. The molecule has 4 heteroatoms. The lowest BCUT2D eigenvalue weighted by atomic mass is 9.98. The van der Waals surface area contributed by atoms with E-state index in [2.05, 4.69) is 20.9 Å². The number of benzene rings is 2. The maximum atomic E-state index is 10.4. The highest BCUT2D eigenvalue weighted by Gasteiger charge is 2.20. The van der Waals surface area contributed by atoms with E-state index < -0.39 is 6.10 Å². The van der Waals surface area contributed by atoms with Gasteiger partial charge in [0.1, 0.15) is 11.5 Å². The lowest BCUT2D eigenvalue weighted by Crippen LogP contribution is -2.00. The topological polar surface area (TPSA) is 46.3 Å². The van der Waals surface area contributed by atoms with Gasteiger partial charge in [-0.1, -0.05) is 53.2 Å². The molecule has 2 aromatic carbocycles. The Kier molecular flexibility index (Phi) is 4.64. The molecule has 3 nitrogen and oxygen atoms in total. The van der Waals surface area contributed by atoms with Crippen LogP contribution in [0.5, 0.6) is 0 Å². The molecule has 0 bridgehead atoms. The third-order valence-electron chi connectivity index (χ3n) is 3.85. The molecule has 1 unspecified atom stereocenters. The molecule has 1 aromatic heterocycles. The van der Waals surface area contributed by atoms with Gasteiger partial charge in [0.25, 0.3) is 0 Å². The fraction of sp³-hybridized carbons (Fsp3) is 0.211. The second kappa shape index (κ2) is 6.69. The van der Waals surface area contributed by atoms with E-state index in [1.165, 1.54) is 0 Å². The van der Waals surface area contributed by atoms with Crippen LogP contribution in [0, 0.1) is 6.92 Å². The Labute approximate surface area is 144 Å². The van der Waals surface area contributed by atoms with Crippen LogP contribution in [0.1, 0.15) is 30.8 Å². The van der Waals surface area contributed by atoms with E-state index in [4.69, 9.17) is 4.42 Å². The second-order valence-corrected chi connectivity index (χ2v) is 6.27. The Morgan fingerprint density at radius 3 is 2.57 bits per heavy atom. The van der Waals surface area contributed by atoms with Gasteiger partial charge in [-0.05, 0) is 31.5 Å². The molecule has 0 saturated carbocycles. The van der Waals surface area contributed by atoms with Gasteiger partial charge in [-0.2, -0.15) is 0 Å². The maximum absolute atomic E-state index is 10.4. The van der Waals surface area contributed by atoms with Gasteiger partial charge in [0.15, 0.2) is 0 Å². The lowest BCUT2D eigenvalue weighted by Gasteiger charge is -2.15. The third-order valence-corrected chi connectivity index (χ3v) is 4.54. The Morgan fingerprint density at radius 2 is 1.87 bits per heavy atom. The van der Waals surface area contributed by atoms with Gasteiger partial charge in [-0.15, -0.1) is 0 Å². The van der Waals surface area contributed by atoms with E-state index in [1.54, 1.807) is 0 Å². The number of rotatable bonds is 4. The lowest BCUT2D eigenvalue weighted by molar-refractivity contribution is 0.173. The summed E-state index contributed by atoms with van der Waals surface area (Å²) in [6.45, 7) is 3.86. The van der Waals surface area contributed by atoms with Crippen LogP contribution < -0.4 is 0 Å². The number of aliphatic hydroxyl groups excluding tert-OH is 1. The summed E-state index contributed by atoms with van der Waals surface area (Å²) < 4.78 is 6.74. The molecule has 0 fully saturated rings. The normalized spacial score (nSPS) is 12.3. The minimum Gasteiger partial charge on any atom is -0.441 e. The Morgan fingerprint density at radius 1 is 1.13 bits per heavy atom. The zero-order valence-corrected chi connectivity index (χ0v) is 14.7. The predicted molar refractivity (Wildman–Crippen MR) is 95.1 cm³/mol. The van der Waals surface area contributed by atoms with E-state index in [-0.39, 0.29) is 0 Å². The summed E-state index contributed by atoms with van der Waals surface area (Å²) in [6, 6.07) is 15.7. The molecular formula is C19H18BrNO2. The molecule has 0 amide bonds. The quantitative estimate of drug-likeness (QED) is 0.656. The first-order valence-corrected chi connectivity index (χ1v) is 8.40. The minimum absolute atomic E-state index is 0.545. The zero-order chi connectivity index (χ0) is 16.4. The van der Waals surface area contributed by atoms with E-state index in [0.717, 1.165) is 32.6 Å². The van der Waals surface area contributed by atoms with Crippen LogP contribution in [0.4, 0.5) is 0 Å². The van der Waals surface area contributed by atoms with E-state index in [9.17, 15) is 5.11 Å². The van der Waals surface area contributed by atoms with Crippen LogP contribution in [0.25, 0.3) is 22.7 Å². The molecule has 1 atom stereocenters. The van der Waals surface area contributed by atoms with Crippen LogP contribution in [0.2, 0.25) is 0 Å². The molecule has 0 saturated heterocycles. The molecule has 3 rings (SSSR count). The first-order chi connectivity index (χ1) is 11.1. The van der Waals surface area contributed by atoms with Crippen molar-refractivity contribution < 1.29 is 9.52 Å². The summed E-state index contributed by atoms with van der Waals surface area (Å²) >= 11 is 3.54. The number of nitrogens with zero attached hydrogens (tertiary/aromatic N) is 1. The third kappa shape index (κ3) is 3.09. The van der Waals surface area contributed by atoms with Gasteiger partial charge in [-0.3, -0.25) is 0 Å². The highest BCUT2D eigenvalue weighted by molar-refractivity contribution is 9.10. The largest absolute Gasteiger partial charge is 0.441 e. The van der Waals surface area contributed by atoms with E-state index >= 15 is 0 Å². The van der Waals surface area contributed by atoms with Crippen LogP contribution in [-0.2, 0) is 0 Å². The summed E-state index contributed by atoms with van der Waals surface area (Å²) in [4.78, 5) is 4.67. The van der Waals surface area contributed by atoms with E-state index in [1.807, 2.05) is 62.4 Å². The standard InChI is InChI=1S/C19H18BrNO2/c1-3-16(22)17-14(10-7-11-15(17)20)18-12(2)23-19(21-18)13-8-5-4-6-9-13/h4-11,16,22H,3H2,1-2H3. The molecule has 0 radical (unpaired) electrons. The summed E-state index contributed by atoms with van der Waals surface area (Å²) in [5, 5.41) is 10.4. The summed E-state index contributed by atoms with van der Waals surface area (Å²) in [5.41, 5.74) is 3.46. The monoisotopic (exact) mass is 371 g/mol. The fourth-order valence-corrected chi connectivity index (χ4v) is 3.27. The molecule has 0 spiro atoms. The van der Waals surface area contributed by atoms with Crippen molar-refractivity contribution in [1.29, 1.82) is 0 Å². The maximum Gasteiger partial charge on any atom is 0.226 e. The van der Waals surface area contributed by atoms with Crippen molar-refractivity contribution in [2.24, 2.45) is 0 Å². The molecule has 23 heavy (non-hydrogen) atoms. The number of hydrogen-bond donors (Lipinski definition) is 1. The Balaban J connectivity index is 2.14. The van der Waals surface area contributed by atoms with Gasteiger partial charge in [0.05, 0.1) is 6.10 Å².